The van der Waals surface area contributed by atoms with Gasteiger partial charge >= 0.3 is 6.09 Å². The molecule has 19 heavy (non-hydrogen) atoms. The van der Waals surface area contributed by atoms with Gasteiger partial charge in [-0.3, -0.25) is 0 Å². The minimum Gasteiger partial charge on any atom is -0.492 e. The number of carbonyl (C=O) groups is 1. The SMILES string of the molecule is CN(C)CCOc1cccc(OC(=O)N(C)C)c1.Cl. The summed E-state index contributed by atoms with van der Waals surface area (Å²) in [5, 5.41) is 0. The molecule has 0 saturated heterocycles. The molecule has 0 bridgehead atoms. The summed E-state index contributed by atoms with van der Waals surface area (Å²) in [5.41, 5.74) is 0. The summed E-state index contributed by atoms with van der Waals surface area (Å²) >= 11 is 0. The van der Waals surface area contributed by atoms with Crippen molar-refractivity contribution in [3.8, 4) is 11.5 Å². The van der Waals surface area contributed by atoms with Crippen LogP contribution in [-0.2, 0) is 0 Å². The van der Waals surface area contributed by atoms with Gasteiger partial charge in [-0.2, -0.15) is 0 Å². The number of amides is 1. The highest BCUT2D eigenvalue weighted by Gasteiger charge is 2.07. The van der Waals surface area contributed by atoms with Crippen LogP contribution >= 0.6 is 12.4 Å². The van der Waals surface area contributed by atoms with E-state index in [0.29, 0.717) is 18.1 Å². The van der Waals surface area contributed by atoms with Crippen LogP contribution in [0, 0.1) is 0 Å². The molecule has 0 atom stereocenters. The fourth-order valence-corrected chi connectivity index (χ4v) is 1.17. The minimum absolute atomic E-state index is 0. The van der Waals surface area contributed by atoms with Gasteiger partial charge in [0.1, 0.15) is 18.1 Å². The van der Waals surface area contributed by atoms with Gasteiger partial charge in [0, 0.05) is 26.7 Å². The number of benzene rings is 1. The Bertz CT molecular complexity index is 397. The quantitative estimate of drug-likeness (QED) is 0.832. The fourth-order valence-electron chi connectivity index (χ4n) is 1.17. The molecule has 0 N–H and O–H groups in total. The largest absolute Gasteiger partial charge is 0.492 e. The Morgan fingerprint density at radius 3 is 2.37 bits per heavy atom. The number of hydrogen-bond donors (Lipinski definition) is 0. The van der Waals surface area contributed by atoms with Crippen LogP contribution in [0.25, 0.3) is 0 Å². The van der Waals surface area contributed by atoms with E-state index < -0.39 is 6.09 Å². The predicted molar refractivity (Wildman–Crippen MR) is 77.5 cm³/mol. The van der Waals surface area contributed by atoms with Gasteiger partial charge in [-0.25, -0.2) is 4.79 Å². The van der Waals surface area contributed by atoms with E-state index in [-0.39, 0.29) is 12.4 Å². The van der Waals surface area contributed by atoms with Crippen LogP contribution < -0.4 is 9.47 Å². The number of nitrogens with zero attached hydrogens (tertiary/aromatic N) is 2. The second kappa shape index (κ2) is 8.61. The highest BCUT2D eigenvalue weighted by Crippen LogP contribution is 2.19. The lowest BCUT2D eigenvalue weighted by molar-refractivity contribution is 0.171. The average Bonchev–Trinajstić information content (AvgIpc) is 2.28. The second-order valence-electron chi connectivity index (χ2n) is 4.39. The third-order valence-corrected chi connectivity index (χ3v) is 2.18. The van der Waals surface area contributed by atoms with Crippen LogP contribution in [0.5, 0.6) is 11.5 Å². The number of hydrogen-bond acceptors (Lipinski definition) is 4. The molecule has 0 saturated carbocycles. The summed E-state index contributed by atoms with van der Waals surface area (Å²) in [6.45, 7) is 1.43. The Kier molecular flexibility index (Phi) is 7.95. The van der Waals surface area contributed by atoms with Crippen molar-refractivity contribution in [3.63, 3.8) is 0 Å². The molecule has 5 nitrogen and oxygen atoms in total. The molecule has 108 valence electrons. The first-order valence-corrected chi connectivity index (χ1v) is 5.76. The van der Waals surface area contributed by atoms with Gasteiger partial charge in [-0.15, -0.1) is 12.4 Å². The zero-order chi connectivity index (χ0) is 13.5. The average molecular weight is 289 g/mol. The molecule has 0 aromatic heterocycles. The number of ether oxygens (including phenoxy) is 2. The Morgan fingerprint density at radius 2 is 1.79 bits per heavy atom. The molecule has 0 radical (unpaired) electrons. The molecule has 0 fully saturated rings. The summed E-state index contributed by atoms with van der Waals surface area (Å²) in [6, 6.07) is 7.06. The van der Waals surface area contributed by atoms with Crippen LogP contribution in [0.15, 0.2) is 24.3 Å². The second-order valence-corrected chi connectivity index (χ2v) is 4.39. The van der Waals surface area contributed by atoms with Crippen molar-refractivity contribution in [3.05, 3.63) is 24.3 Å². The van der Waals surface area contributed by atoms with Gasteiger partial charge in [-0.05, 0) is 26.2 Å². The lowest BCUT2D eigenvalue weighted by atomic mass is 10.3. The highest BCUT2D eigenvalue weighted by atomic mass is 35.5. The number of halogens is 1. The van der Waals surface area contributed by atoms with Crippen molar-refractivity contribution in [1.29, 1.82) is 0 Å². The van der Waals surface area contributed by atoms with Crippen LogP contribution in [0.2, 0.25) is 0 Å². The van der Waals surface area contributed by atoms with Gasteiger partial charge in [0.25, 0.3) is 0 Å². The van der Waals surface area contributed by atoms with E-state index in [1.165, 1.54) is 4.90 Å². The molecule has 0 heterocycles. The summed E-state index contributed by atoms with van der Waals surface area (Å²) < 4.78 is 10.7. The third kappa shape index (κ3) is 6.88. The maximum atomic E-state index is 11.4. The van der Waals surface area contributed by atoms with E-state index in [4.69, 9.17) is 9.47 Å². The van der Waals surface area contributed by atoms with Crippen molar-refractivity contribution in [2.45, 2.75) is 0 Å². The Labute approximate surface area is 120 Å². The molecule has 0 aliphatic carbocycles. The van der Waals surface area contributed by atoms with E-state index in [1.54, 1.807) is 32.3 Å². The molecule has 1 rings (SSSR count). The van der Waals surface area contributed by atoms with Crippen LogP contribution in [0.4, 0.5) is 4.79 Å². The van der Waals surface area contributed by atoms with Crippen LogP contribution in [-0.4, -0.2) is 57.2 Å². The van der Waals surface area contributed by atoms with E-state index in [2.05, 4.69) is 0 Å². The van der Waals surface area contributed by atoms with Crippen LogP contribution in [0.3, 0.4) is 0 Å². The van der Waals surface area contributed by atoms with Gasteiger partial charge in [0.05, 0.1) is 0 Å². The van der Waals surface area contributed by atoms with E-state index in [9.17, 15) is 4.79 Å². The molecule has 0 aliphatic heterocycles. The molecule has 1 aromatic rings. The minimum atomic E-state index is -0.402. The first-order chi connectivity index (χ1) is 8.49. The first-order valence-electron chi connectivity index (χ1n) is 5.76. The Morgan fingerprint density at radius 1 is 1.16 bits per heavy atom. The first kappa shape index (κ1) is 17.5. The molecule has 6 heteroatoms. The molecular weight excluding hydrogens is 268 g/mol. The van der Waals surface area contributed by atoms with Gasteiger partial charge in [-0.1, -0.05) is 6.07 Å². The van der Waals surface area contributed by atoms with Crippen molar-refractivity contribution < 1.29 is 14.3 Å². The standard InChI is InChI=1S/C13H20N2O3.ClH/c1-14(2)8-9-17-11-6-5-7-12(10-11)18-13(16)15(3)4;/h5-7,10H,8-9H2,1-4H3;1H. The number of likely N-dealkylation sites (N-methyl/N-ethyl adjacent to an activating group) is 1. The number of rotatable bonds is 5. The lowest BCUT2D eigenvalue weighted by Gasteiger charge is -2.13. The van der Waals surface area contributed by atoms with Crippen LogP contribution in [0.1, 0.15) is 0 Å². The van der Waals surface area contributed by atoms with Crippen molar-refractivity contribution in [1.82, 2.24) is 9.80 Å². The molecule has 0 aliphatic rings. The summed E-state index contributed by atoms with van der Waals surface area (Å²) in [6.07, 6.45) is -0.402. The van der Waals surface area contributed by atoms with E-state index >= 15 is 0 Å². The normalized spacial score (nSPS) is 9.74. The third-order valence-electron chi connectivity index (χ3n) is 2.18. The summed E-state index contributed by atoms with van der Waals surface area (Å²) in [4.78, 5) is 14.8. The highest BCUT2D eigenvalue weighted by molar-refractivity contribution is 5.85. The lowest BCUT2D eigenvalue weighted by Crippen LogP contribution is -2.25. The molecular formula is C13H21ClN2O3. The predicted octanol–water partition coefficient (Wildman–Crippen LogP) is 2.11. The molecule has 0 unspecified atom stereocenters. The van der Waals surface area contributed by atoms with Crippen molar-refractivity contribution in [2.24, 2.45) is 0 Å². The fraction of sp³-hybridized carbons (Fsp3) is 0.462. The molecule has 1 amide bonds. The summed E-state index contributed by atoms with van der Waals surface area (Å²) in [7, 11) is 7.25. The Balaban J connectivity index is 0.00000324. The van der Waals surface area contributed by atoms with Gasteiger partial charge in [0.15, 0.2) is 0 Å². The van der Waals surface area contributed by atoms with Crippen molar-refractivity contribution in [2.75, 3.05) is 41.3 Å². The molecule has 1 aromatic carbocycles. The van der Waals surface area contributed by atoms with Crippen molar-refractivity contribution >= 4 is 18.5 Å². The summed E-state index contributed by atoms with van der Waals surface area (Å²) in [5.74, 6) is 1.18. The zero-order valence-corrected chi connectivity index (χ0v) is 12.6. The van der Waals surface area contributed by atoms with E-state index in [0.717, 1.165) is 6.54 Å². The van der Waals surface area contributed by atoms with Gasteiger partial charge < -0.3 is 19.3 Å². The topological polar surface area (TPSA) is 42.0 Å². The monoisotopic (exact) mass is 288 g/mol. The maximum absolute atomic E-state index is 11.4. The maximum Gasteiger partial charge on any atom is 0.414 e. The number of carbonyl (C=O) groups excluding carboxylic acids is 1. The molecule has 0 spiro atoms. The Hall–Kier alpha value is -1.46. The van der Waals surface area contributed by atoms with Gasteiger partial charge in [0.2, 0.25) is 0 Å². The van der Waals surface area contributed by atoms with E-state index in [1.807, 2.05) is 25.1 Å². The zero-order valence-electron chi connectivity index (χ0n) is 11.8. The smallest absolute Gasteiger partial charge is 0.414 e.